The number of nitrogens with one attached hydrogen (secondary N) is 1. The highest BCUT2D eigenvalue weighted by molar-refractivity contribution is 7.71. The van der Waals surface area contributed by atoms with E-state index in [2.05, 4.69) is 39.8 Å². The maximum absolute atomic E-state index is 12.5. The van der Waals surface area contributed by atoms with Crippen molar-refractivity contribution < 1.29 is 4.79 Å². The Morgan fingerprint density at radius 1 is 1.24 bits per heavy atom. The van der Waals surface area contributed by atoms with Gasteiger partial charge in [0, 0.05) is 38.4 Å². The van der Waals surface area contributed by atoms with Crippen LogP contribution in [0.5, 0.6) is 0 Å². The van der Waals surface area contributed by atoms with Crippen LogP contribution in [-0.2, 0) is 24.4 Å². The molecular weight excluding hydrogens is 384 g/mol. The van der Waals surface area contributed by atoms with Crippen molar-refractivity contribution in [1.82, 2.24) is 24.1 Å². The minimum atomic E-state index is 0.0420. The van der Waals surface area contributed by atoms with E-state index in [1.165, 1.54) is 0 Å². The van der Waals surface area contributed by atoms with E-state index in [1.807, 2.05) is 40.4 Å². The lowest BCUT2D eigenvalue weighted by atomic mass is 10.1. The van der Waals surface area contributed by atoms with E-state index in [9.17, 15) is 4.79 Å². The van der Waals surface area contributed by atoms with Crippen LogP contribution in [-0.4, -0.2) is 62.8 Å². The van der Waals surface area contributed by atoms with E-state index >= 15 is 0 Å². The molecule has 2 aromatic rings. The molecule has 1 aromatic carbocycles. The zero-order chi connectivity index (χ0) is 20.8. The van der Waals surface area contributed by atoms with Crippen molar-refractivity contribution in [3.05, 3.63) is 53.1 Å². The molecule has 29 heavy (non-hydrogen) atoms. The van der Waals surface area contributed by atoms with Crippen LogP contribution >= 0.6 is 12.2 Å². The van der Waals surface area contributed by atoms with Gasteiger partial charge in [0.2, 0.25) is 5.91 Å². The number of nitrogens with zero attached hydrogens (tertiary/aromatic N) is 5. The molecule has 0 unspecified atom stereocenters. The van der Waals surface area contributed by atoms with Crippen molar-refractivity contribution in [2.75, 3.05) is 38.0 Å². The van der Waals surface area contributed by atoms with Crippen LogP contribution in [0.3, 0.4) is 0 Å². The lowest BCUT2D eigenvalue weighted by Crippen LogP contribution is -2.49. The van der Waals surface area contributed by atoms with Gasteiger partial charge in [0.15, 0.2) is 4.77 Å². The Hall–Kier alpha value is -2.29. The molecule has 8 heteroatoms. The molecule has 0 radical (unpaired) electrons. The summed E-state index contributed by atoms with van der Waals surface area (Å²) in [5.41, 5.74) is 2.08. The molecular formula is C21H30N6OS. The van der Waals surface area contributed by atoms with Crippen LogP contribution in [0.25, 0.3) is 0 Å². The van der Waals surface area contributed by atoms with Crippen molar-refractivity contribution in [1.29, 1.82) is 0 Å². The van der Waals surface area contributed by atoms with Crippen LogP contribution in [0.1, 0.15) is 18.3 Å². The van der Waals surface area contributed by atoms with E-state index < -0.39 is 0 Å². The molecule has 0 spiro atoms. The van der Waals surface area contributed by atoms with Crippen LogP contribution in [0.2, 0.25) is 0 Å². The number of hydrogen-bond acceptors (Lipinski definition) is 5. The van der Waals surface area contributed by atoms with E-state index in [0.29, 0.717) is 19.8 Å². The number of rotatable bonds is 8. The predicted molar refractivity (Wildman–Crippen MR) is 118 cm³/mol. The maximum atomic E-state index is 12.5. The van der Waals surface area contributed by atoms with Gasteiger partial charge in [-0.15, -0.1) is 6.58 Å². The first-order valence-corrected chi connectivity index (χ1v) is 10.5. The Labute approximate surface area is 177 Å². The van der Waals surface area contributed by atoms with E-state index in [4.69, 9.17) is 12.2 Å². The highest BCUT2D eigenvalue weighted by Gasteiger charge is 2.20. The fourth-order valence-corrected chi connectivity index (χ4v) is 3.91. The third-order valence-corrected chi connectivity index (χ3v) is 5.69. The smallest absolute Gasteiger partial charge is 0.238 e. The summed E-state index contributed by atoms with van der Waals surface area (Å²) in [4.78, 5) is 17.0. The fraction of sp³-hybridized carbons (Fsp3) is 0.476. The SMILES string of the molecule is C=CCn1c(C)nn(CN2CCN(CC(=O)Nc3ccccc3CC)CC2)c1=S. The number of benzene rings is 1. The van der Waals surface area contributed by atoms with Gasteiger partial charge in [0.05, 0.1) is 13.2 Å². The standard InChI is InChI=1S/C21H30N6OS/c1-4-10-26-17(3)23-27(21(26)29)16-25-13-11-24(12-14-25)15-20(28)22-19-9-7-6-8-18(19)5-2/h4,6-9H,1,5,10-16H2,2-3H3,(H,22,28). The largest absolute Gasteiger partial charge is 0.325 e. The van der Waals surface area contributed by atoms with Gasteiger partial charge in [-0.25, -0.2) is 4.68 Å². The van der Waals surface area contributed by atoms with Gasteiger partial charge < -0.3 is 9.88 Å². The molecule has 1 amide bonds. The first-order valence-electron chi connectivity index (χ1n) is 10.1. The number of amides is 1. The van der Waals surface area contributed by atoms with Gasteiger partial charge in [-0.05, 0) is 37.2 Å². The van der Waals surface area contributed by atoms with Crippen molar-refractivity contribution in [2.45, 2.75) is 33.5 Å². The third kappa shape index (κ3) is 5.41. The van der Waals surface area contributed by atoms with Crippen molar-refractivity contribution >= 4 is 23.8 Å². The van der Waals surface area contributed by atoms with Crippen LogP contribution in [0, 0.1) is 11.7 Å². The Morgan fingerprint density at radius 2 is 1.93 bits per heavy atom. The summed E-state index contributed by atoms with van der Waals surface area (Å²) in [6.45, 7) is 13.1. The molecule has 2 heterocycles. The molecule has 1 aromatic heterocycles. The molecule has 1 saturated heterocycles. The third-order valence-electron chi connectivity index (χ3n) is 5.26. The van der Waals surface area contributed by atoms with Gasteiger partial charge in [0.1, 0.15) is 5.82 Å². The molecule has 0 atom stereocenters. The van der Waals surface area contributed by atoms with Crippen molar-refractivity contribution in [2.24, 2.45) is 0 Å². The molecule has 1 aliphatic heterocycles. The van der Waals surface area contributed by atoms with Gasteiger partial charge in [0.25, 0.3) is 0 Å². The average molecular weight is 415 g/mol. The van der Waals surface area contributed by atoms with Crippen molar-refractivity contribution in [3.8, 4) is 0 Å². The van der Waals surface area contributed by atoms with Gasteiger partial charge in [-0.3, -0.25) is 14.6 Å². The minimum absolute atomic E-state index is 0.0420. The van der Waals surface area contributed by atoms with E-state index in [-0.39, 0.29) is 5.91 Å². The first-order chi connectivity index (χ1) is 14.0. The summed E-state index contributed by atoms with van der Waals surface area (Å²) in [7, 11) is 0. The van der Waals surface area contributed by atoms with Gasteiger partial charge in [-0.1, -0.05) is 31.2 Å². The number of aromatic nitrogens is 3. The number of carbonyl (C=O) groups is 1. The second-order valence-corrected chi connectivity index (χ2v) is 7.69. The molecule has 156 valence electrons. The fourth-order valence-electron chi connectivity index (χ4n) is 3.60. The molecule has 1 aliphatic rings. The zero-order valence-electron chi connectivity index (χ0n) is 17.3. The van der Waals surface area contributed by atoms with Crippen LogP contribution in [0.4, 0.5) is 5.69 Å². The molecule has 1 N–H and O–H groups in total. The summed E-state index contributed by atoms with van der Waals surface area (Å²) in [6.07, 6.45) is 2.73. The van der Waals surface area contributed by atoms with Crippen LogP contribution < -0.4 is 5.32 Å². The van der Waals surface area contributed by atoms with E-state index in [0.717, 1.165) is 54.4 Å². The first kappa shape index (κ1) is 21.4. The molecule has 0 saturated carbocycles. The summed E-state index contributed by atoms with van der Waals surface area (Å²) >= 11 is 5.54. The number of para-hydroxylation sites is 1. The van der Waals surface area contributed by atoms with Gasteiger partial charge in [-0.2, -0.15) is 5.10 Å². The predicted octanol–water partition coefficient (Wildman–Crippen LogP) is 2.68. The normalized spacial score (nSPS) is 15.4. The number of allylic oxidation sites excluding steroid dienone is 1. The second-order valence-electron chi connectivity index (χ2n) is 7.32. The summed E-state index contributed by atoms with van der Waals surface area (Å²) in [5, 5.41) is 7.62. The lowest BCUT2D eigenvalue weighted by molar-refractivity contribution is -0.117. The van der Waals surface area contributed by atoms with Gasteiger partial charge >= 0.3 is 0 Å². The average Bonchev–Trinajstić information content (AvgIpc) is 2.97. The summed E-state index contributed by atoms with van der Waals surface area (Å²) in [5.74, 6) is 0.943. The second kappa shape index (κ2) is 9.96. The van der Waals surface area contributed by atoms with E-state index in [1.54, 1.807) is 0 Å². The summed E-state index contributed by atoms with van der Waals surface area (Å²) < 4.78 is 4.58. The monoisotopic (exact) mass is 414 g/mol. The Bertz CT molecular complexity index is 910. The minimum Gasteiger partial charge on any atom is -0.325 e. The number of aryl methyl sites for hydroxylation is 2. The quantitative estimate of drug-likeness (QED) is 0.532. The molecule has 1 fully saturated rings. The number of piperazine rings is 1. The number of anilines is 1. The highest BCUT2D eigenvalue weighted by atomic mass is 32.1. The molecule has 7 nitrogen and oxygen atoms in total. The molecule has 3 rings (SSSR count). The lowest BCUT2D eigenvalue weighted by Gasteiger charge is -2.34. The zero-order valence-corrected chi connectivity index (χ0v) is 18.1. The highest BCUT2D eigenvalue weighted by Crippen LogP contribution is 2.15. The molecule has 0 aliphatic carbocycles. The van der Waals surface area contributed by atoms with Crippen molar-refractivity contribution in [3.63, 3.8) is 0 Å². The summed E-state index contributed by atoms with van der Waals surface area (Å²) in [6, 6.07) is 7.97. The Balaban J connectivity index is 1.49. The number of hydrogen-bond donors (Lipinski definition) is 1. The van der Waals surface area contributed by atoms with Crippen LogP contribution in [0.15, 0.2) is 36.9 Å². The molecule has 0 bridgehead atoms. The Morgan fingerprint density at radius 3 is 2.62 bits per heavy atom. The Kier molecular flexibility index (Phi) is 7.35. The number of carbonyl (C=O) groups excluding carboxylic acids is 1. The topological polar surface area (TPSA) is 58.3 Å². The maximum Gasteiger partial charge on any atom is 0.238 e.